The van der Waals surface area contributed by atoms with Gasteiger partial charge in [-0.15, -0.1) is 5.10 Å². The van der Waals surface area contributed by atoms with Crippen molar-refractivity contribution in [3.63, 3.8) is 0 Å². The zero-order chi connectivity index (χ0) is 24.3. The highest BCUT2D eigenvalue weighted by molar-refractivity contribution is 5.80. The third-order valence-corrected chi connectivity index (χ3v) is 6.81. The Bertz CT molecular complexity index is 1160. The summed E-state index contributed by atoms with van der Waals surface area (Å²) < 4.78 is 7.62. The Morgan fingerprint density at radius 2 is 1.94 bits per heavy atom. The van der Waals surface area contributed by atoms with Crippen LogP contribution in [0.4, 0.5) is 0 Å². The number of aromatic nitrogens is 5. The number of tetrazole rings is 1. The van der Waals surface area contributed by atoms with Gasteiger partial charge in [-0.2, -0.15) is 0 Å². The number of nitrogens with zero attached hydrogens (tertiary/aromatic N) is 5. The van der Waals surface area contributed by atoms with E-state index in [0.717, 1.165) is 47.3 Å². The van der Waals surface area contributed by atoms with Crippen molar-refractivity contribution in [2.24, 2.45) is 0 Å². The lowest BCUT2D eigenvalue weighted by Gasteiger charge is -2.39. The number of fused-ring (bicyclic) bond motifs is 1. The molecule has 1 aliphatic carbocycles. The molecule has 0 saturated heterocycles. The third kappa shape index (κ3) is 5.17. The molecule has 4 rings (SSSR count). The lowest BCUT2D eigenvalue weighted by atomic mass is 9.92. The normalized spacial score (nSPS) is 16.3. The van der Waals surface area contributed by atoms with Gasteiger partial charge in [0.25, 0.3) is 5.56 Å². The molecule has 0 bridgehead atoms. The zero-order valence-electron chi connectivity index (χ0n) is 21.2. The van der Waals surface area contributed by atoms with E-state index in [1.807, 2.05) is 35.9 Å². The zero-order valence-corrected chi connectivity index (χ0v) is 21.2. The molecule has 2 heterocycles. The molecule has 0 spiro atoms. The quantitative estimate of drug-likeness (QED) is 0.505. The Balaban J connectivity index is 1.74. The number of benzene rings is 1. The number of hydrogen-bond acceptors (Lipinski definition) is 6. The summed E-state index contributed by atoms with van der Waals surface area (Å²) >= 11 is 0. The summed E-state index contributed by atoms with van der Waals surface area (Å²) in [6, 6.07) is 8.26. The van der Waals surface area contributed by atoms with Crippen molar-refractivity contribution < 1.29 is 4.74 Å². The summed E-state index contributed by atoms with van der Waals surface area (Å²) in [5, 5.41) is 13.8. The first-order valence-corrected chi connectivity index (χ1v) is 12.6. The van der Waals surface area contributed by atoms with E-state index in [0.29, 0.717) is 19.2 Å². The van der Waals surface area contributed by atoms with E-state index >= 15 is 0 Å². The maximum Gasteiger partial charge on any atom is 0.252 e. The monoisotopic (exact) mass is 466 g/mol. The predicted molar refractivity (Wildman–Crippen MR) is 134 cm³/mol. The molecular weight excluding hydrogens is 428 g/mol. The van der Waals surface area contributed by atoms with Gasteiger partial charge in [0.1, 0.15) is 5.75 Å². The van der Waals surface area contributed by atoms with E-state index in [2.05, 4.69) is 53.1 Å². The first kappa shape index (κ1) is 24.4. The molecule has 1 aliphatic rings. The van der Waals surface area contributed by atoms with Gasteiger partial charge < -0.3 is 9.72 Å². The Labute approximate surface area is 201 Å². The van der Waals surface area contributed by atoms with Gasteiger partial charge >= 0.3 is 0 Å². The molecule has 184 valence electrons. The van der Waals surface area contributed by atoms with E-state index < -0.39 is 0 Å². The van der Waals surface area contributed by atoms with Crippen molar-refractivity contribution in [1.82, 2.24) is 30.1 Å². The number of H-pyrrole nitrogens is 1. The smallest absolute Gasteiger partial charge is 0.252 e. The van der Waals surface area contributed by atoms with Crippen LogP contribution in [0.15, 0.2) is 29.1 Å². The molecule has 0 radical (unpaired) electrons. The van der Waals surface area contributed by atoms with Crippen molar-refractivity contribution in [2.45, 2.75) is 97.3 Å². The highest BCUT2D eigenvalue weighted by Gasteiger charge is 2.33. The fraction of sp³-hybridized carbons (Fsp3) is 0.615. The van der Waals surface area contributed by atoms with Gasteiger partial charge in [-0.05, 0) is 81.6 Å². The van der Waals surface area contributed by atoms with Crippen LogP contribution in [0.1, 0.15) is 90.6 Å². The van der Waals surface area contributed by atoms with Crippen molar-refractivity contribution in [3.05, 3.63) is 46.0 Å². The molecule has 34 heavy (non-hydrogen) atoms. The second-order valence-electron chi connectivity index (χ2n) is 10.3. The second-order valence-corrected chi connectivity index (χ2v) is 10.3. The number of rotatable bonds is 8. The summed E-state index contributed by atoms with van der Waals surface area (Å²) in [6.45, 7) is 11.7. The van der Waals surface area contributed by atoms with E-state index in [4.69, 9.17) is 4.74 Å². The van der Waals surface area contributed by atoms with Gasteiger partial charge in [0.15, 0.2) is 5.82 Å². The molecule has 1 N–H and O–H groups in total. The number of aromatic amines is 1. The largest absolute Gasteiger partial charge is 0.494 e. The van der Waals surface area contributed by atoms with Crippen LogP contribution in [-0.4, -0.2) is 42.7 Å². The average Bonchev–Trinajstić information content (AvgIpc) is 3.30. The molecule has 8 nitrogen and oxygen atoms in total. The molecule has 1 atom stereocenters. The molecule has 2 aromatic heterocycles. The van der Waals surface area contributed by atoms with Gasteiger partial charge in [-0.1, -0.05) is 26.2 Å². The van der Waals surface area contributed by atoms with Gasteiger partial charge in [-0.25, -0.2) is 4.68 Å². The fourth-order valence-electron chi connectivity index (χ4n) is 5.15. The summed E-state index contributed by atoms with van der Waals surface area (Å²) in [4.78, 5) is 18.7. The Hall–Kier alpha value is -2.74. The summed E-state index contributed by atoms with van der Waals surface area (Å²) in [5.41, 5.74) is 1.33. The number of nitrogens with one attached hydrogen (secondary N) is 1. The van der Waals surface area contributed by atoms with E-state index in [-0.39, 0.29) is 17.1 Å². The highest BCUT2D eigenvalue weighted by Crippen LogP contribution is 2.34. The Morgan fingerprint density at radius 3 is 2.62 bits per heavy atom. The van der Waals surface area contributed by atoms with Gasteiger partial charge in [-0.3, -0.25) is 9.69 Å². The predicted octanol–water partition coefficient (Wildman–Crippen LogP) is 4.95. The van der Waals surface area contributed by atoms with Gasteiger partial charge in [0.2, 0.25) is 0 Å². The topological polar surface area (TPSA) is 88.9 Å². The van der Waals surface area contributed by atoms with Crippen molar-refractivity contribution >= 4 is 10.9 Å². The minimum Gasteiger partial charge on any atom is -0.494 e. The molecule has 0 amide bonds. The van der Waals surface area contributed by atoms with Crippen LogP contribution in [0, 0.1) is 0 Å². The second kappa shape index (κ2) is 10.3. The highest BCUT2D eigenvalue weighted by atomic mass is 16.5. The van der Waals surface area contributed by atoms with Crippen LogP contribution in [0.2, 0.25) is 0 Å². The van der Waals surface area contributed by atoms with Crippen LogP contribution in [-0.2, 0) is 12.1 Å². The molecule has 3 aromatic rings. The van der Waals surface area contributed by atoms with Crippen molar-refractivity contribution in [2.75, 3.05) is 6.61 Å². The molecule has 1 fully saturated rings. The van der Waals surface area contributed by atoms with Crippen LogP contribution in [0.25, 0.3) is 10.9 Å². The summed E-state index contributed by atoms with van der Waals surface area (Å²) in [5.74, 6) is 1.68. The number of ether oxygens (including phenoxy) is 1. The first-order chi connectivity index (χ1) is 16.3. The van der Waals surface area contributed by atoms with E-state index in [9.17, 15) is 4.79 Å². The van der Waals surface area contributed by atoms with Gasteiger partial charge in [0.05, 0.1) is 18.2 Å². The minimum absolute atomic E-state index is 0.0298. The van der Waals surface area contributed by atoms with E-state index in [1.165, 1.54) is 19.3 Å². The van der Waals surface area contributed by atoms with Crippen molar-refractivity contribution in [1.29, 1.82) is 0 Å². The Kier molecular flexibility index (Phi) is 7.36. The number of pyridine rings is 1. The number of hydrogen-bond donors (Lipinski definition) is 1. The van der Waals surface area contributed by atoms with Crippen LogP contribution in [0.5, 0.6) is 5.75 Å². The molecular formula is C26H38N6O2. The van der Waals surface area contributed by atoms with Gasteiger partial charge in [0, 0.05) is 29.1 Å². The van der Waals surface area contributed by atoms with Crippen LogP contribution in [0.3, 0.4) is 0 Å². The van der Waals surface area contributed by atoms with Crippen LogP contribution >= 0.6 is 0 Å². The molecule has 1 saturated carbocycles. The SMILES string of the molecule is CCOc1ccc2[nH]c(=O)c(CN(C3CCCCC3)[C@@H](CC)c3nnnn3C(C)(C)C)cc2c1. The standard InChI is InChI=1S/C26H38N6O2/c1-6-23(24-28-29-30-32(24)26(3,4)5)31(20-11-9-8-10-12-20)17-19-15-18-16-21(34-7-2)13-14-22(18)27-25(19)33/h13-16,20,23H,6-12,17H2,1-5H3,(H,27,33)/t23-/m0/s1. The Morgan fingerprint density at radius 1 is 1.18 bits per heavy atom. The van der Waals surface area contributed by atoms with Crippen molar-refractivity contribution in [3.8, 4) is 5.75 Å². The average molecular weight is 467 g/mol. The molecule has 1 aromatic carbocycles. The lowest BCUT2D eigenvalue weighted by Crippen LogP contribution is -2.42. The lowest BCUT2D eigenvalue weighted by molar-refractivity contribution is 0.0810. The van der Waals surface area contributed by atoms with Crippen LogP contribution < -0.4 is 10.3 Å². The summed E-state index contributed by atoms with van der Waals surface area (Å²) in [7, 11) is 0. The minimum atomic E-state index is -0.222. The third-order valence-electron chi connectivity index (χ3n) is 6.81. The first-order valence-electron chi connectivity index (χ1n) is 12.6. The molecule has 0 unspecified atom stereocenters. The maximum absolute atomic E-state index is 13.1. The molecule has 8 heteroatoms. The summed E-state index contributed by atoms with van der Waals surface area (Å²) in [6.07, 6.45) is 6.84. The fourth-order valence-corrected chi connectivity index (χ4v) is 5.15. The maximum atomic E-state index is 13.1. The van der Waals surface area contributed by atoms with E-state index in [1.54, 1.807) is 0 Å². The molecule has 0 aliphatic heterocycles.